The Morgan fingerprint density at radius 2 is 2.17 bits per heavy atom. The van der Waals surface area contributed by atoms with Crippen LogP contribution in [0.2, 0.25) is 0 Å². The number of unbranched alkanes of at least 4 members (excludes halogenated alkanes) is 1. The number of likely N-dealkylation sites (tertiary alicyclic amines) is 1. The summed E-state index contributed by atoms with van der Waals surface area (Å²) in [5.74, 6) is 5.49. The van der Waals surface area contributed by atoms with Crippen LogP contribution in [0.1, 0.15) is 68.3 Å². The maximum atomic E-state index is 12.3. The van der Waals surface area contributed by atoms with Crippen molar-refractivity contribution in [3.05, 3.63) is 47.5 Å². The Kier molecular flexibility index (Phi) is 9.63. The van der Waals surface area contributed by atoms with Gasteiger partial charge >= 0.3 is 5.97 Å². The number of rotatable bonds is 10. The topological polar surface area (TPSA) is 77.8 Å². The summed E-state index contributed by atoms with van der Waals surface area (Å²) < 4.78 is 0. The summed E-state index contributed by atoms with van der Waals surface area (Å²) in [7, 11) is 0. The molecule has 0 radical (unpaired) electrons. The van der Waals surface area contributed by atoms with Crippen molar-refractivity contribution in [2.45, 2.75) is 70.9 Å². The minimum atomic E-state index is -0.930. The SMILES string of the molecule is CCCC#CC[C@H](C)[C@H](O)C=C[C@H]1CCC(=O)N1CCCc1cccc(C(=O)O)c1. The number of aromatic carboxylic acids is 1. The number of carbonyl (C=O) groups excluding carboxylic acids is 1. The lowest BCUT2D eigenvalue weighted by molar-refractivity contribution is -0.128. The predicted molar refractivity (Wildman–Crippen MR) is 118 cm³/mol. The van der Waals surface area contributed by atoms with Gasteiger partial charge in [0.1, 0.15) is 0 Å². The highest BCUT2D eigenvalue weighted by atomic mass is 16.4. The van der Waals surface area contributed by atoms with Crippen LogP contribution in [0.3, 0.4) is 0 Å². The highest BCUT2D eigenvalue weighted by Crippen LogP contribution is 2.22. The lowest BCUT2D eigenvalue weighted by Gasteiger charge is -2.23. The highest BCUT2D eigenvalue weighted by molar-refractivity contribution is 5.87. The number of carboxylic acids is 1. The second-order valence-electron chi connectivity index (χ2n) is 7.96. The number of aliphatic hydroxyl groups is 1. The Morgan fingerprint density at radius 3 is 2.90 bits per heavy atom. The summed E-state index contributed by atoms with van der Waals surface area (Å²) in [6, 6.07) is 6.94. The molecule has 0 unspecified atom stereocenters. The molecule has 5 heteroatoms. The van der Waals surface area contributed by atoms with E-state index in [1.54, 1.807) is 24.3 Å². The summed E-state index contributed by atoms with van der Waals surface area (Å²) in [4.78, 5) is 25.3. The van der Waals surface area contributed by atoms with E-state index in [9.17, 15) is 14.7 Å². The first-order chi connectivity index (χ1) is 14.4. The van der Waals surface area contributed by atoms with Gasteiger partial charge in [-0.05, 0) is 49.3 Å². The molecular weight excluding hydrogens is 378 g/mol. The normalized spacial score (nSPS) is 18.3. The quantitative estimate of drug-likeness (QED) is 0.450. The van der Waals surface area contributed by atoms with Gasteiger partial charge in [-0.25, -0.2) is 4.79 Å². The van der Waals surface area contributed by atoms with Crippen molar-refractivity contribution in [1.29, 1.82) is 0 Å². The van der Waals surface area contributed by atoms with Gasteiger partial charge < -0.3 is 15.1 Å². The van der Waals surface area contributed by atoms with E-state index in [-0.39, 0.29) is 23.4 Å². The average Bonchev–Trinajstić information content (AvgIpc) is 3.09. The number of hydrogen-bond donors (Lipinski definition) is 2. The van der Waals surface area contributed by atoms with Crippen molar-refractivity contribution in [2.75, 3.05) is 6.54 Å². The predicted octanol–water partition coefficient (Wildman–Crippen LogP) is 4.06. The van der Waals surface area contributed by atoms with E-state index in [0.29, 0.717) is 19.4 Å². The zero-order valence-corrected chi connectivity index (χ0v) is 18.0. The Labute approximate surface area is 179 Å². The van der Waals surface area contributed by atoms with Crippen molar-refractivity contribution in [3.63, 3.8) is 0 Å². The Morgan fingerprint density at radius 1 is 1.37 bits per heavy atom. The molecule has 0 aromatic heterocycles. The zero-order chi connectivity index (χ0) is 21.9. The van der Waals surface area contributed by atoms with Gasteiger partial charge in [-0.15, -0.1) is 11.8 Å². The molecule has 1 aromatic carbocycles. The van der Waals surface area contributed by atoms with Crippen LogP contribution in [0.25, 0.3) is 0 Å². The Balaban J connectivity index is 1.86. The Hall–Kier alpha value is -2.58. The third-order valence-electron chi connectivity index (χ3n) is 5.45. The van der Waals surface area contributed by atoms with E-state index in [1.165, 1.54) is 0 Å². The molecule has 1 saturated heterocycles. The summed E-state index contributed by atoms with van der Waals surface area (Å²) in [6.45, 7) is 4.70. The number of aryl methyl sites for hydroxylation is 1. The van der Waals surface area contributed by atoms with Gasteiger partial charge in [0.25, 0.3) is 0 Å². The summed E-state index contributed by atoms with van der Waals surface area (Å²) >= 11 is 0. The fraction of sp³-hybridized carbons (Fsp3) is 0.520. The molecule has 1 fully saturated rings. The first-order valence-corrected chi connectivity index (χ1v) is 10.9. The van der Waals surface area contributed by atoms with Crippen molar-refractivity contribution in [3.8, 4) is 11.8 Å². The van der Waals surface area contributed by atoms with Gasteiger partial charge in [0, 0.05) is 25.8 Å². The van der Waals surface area contributed by atoms with Crippen LogP contribution in [0.4, 0.5) is 0 Å². The molecule has 5 nitrogen and oxygen atoms in total. The van der Waals surface area contributed by atoms with E-state index >= 15 is 0 Å². The summed E-state index contributed by atoms with van der Waals surface area (Å²) in [5.41, 5.74) is 1.25. The van der Waals surface area contributed by atoms with Gasteiger partial charge in [0.2, 0.25) is 5.91 Å². The van der Waals surface area contributed by atoms with Crippen LogP contribution in [-0.4, -0.2) is 45.7 Å². The lowest BCUT2D eigenvalue weighted by Crippen LogP contribution is -2.33. The van der Waals surface area contributed by atoms with Crippen molar-refractivity contribution in [2.24, 2.45) is 5.92 Å². The molecule has 1 aliphatic rings. The molecule has 0 aliphatic carbocycles. The lowest BCUT2D eigenvalue weighted by atomic mass is 9.99. The van der Waals surface area contributed by atoms with E-state index in [0.717, 1.165) is 37.7 Å². The van der Waals surface area contributed by atoms with Crippen molar-refractivity contribution < 1.29 is 19.8 Å². The first-order valence-electron chi connectivity index (χ1n) is 10.9. The third kappa shape index (κ3) is 7.35. The molecule has 0 bridgehead atoms. The molecule has 162 valence electrons. The monoisotopic (exact) mass is 411 g/mol. The molecule has 1 heterocycles. The van der Waals surface area contributed by atoms with Crippen LogP contribution < -0.4 is 0 Å². The second kappa shape index (κ2) is 12.2. The van der Waals surface area contributed by atoms with E-state index in [1.807, 2.05) is 24.0 Å². The number of nitrogens with zero attached hydrogens (tertiary/aromatic N) is 1. The van der Waals surface area contributed by atoms with Crippen LogP contribution >= 0.6 is 0 Å². The number of benzene rings is 1. The Bertz CT molecular complexity index is 805. The van der Waals surface area contributed by atoms with Crippen LogP contribution in [-0.2, 0) is 11.2 Å². The summed E-state index contributed by atoms with van der Waals surface area (Å²) in [6.07, 6.45) is 8.56. The van der Waals surface area contributed by atoms with Crippen molar-refractivity contribution >= 4 is 11.9 Å². The first kappa shape index (κ1) is 23.7. The third-order valence-corrected chi connectivity index (χ3v) is 5.45. The molecule has 3 atom stereocenters. The fourth-order valence-electron chi connectivity index (χ4n) is 3.56. The number of carboxylic acid groups (broad SMARTS) is 1. The molecule has 2 N–H and O–H groups in total. The smallest absolute Gasteiger partial charge is 0.335 e. The van der Waals surface area contributed by atoms with Gasteiger partial charge in [0.05, 0.1) is 17.7 Å². The largest absolute Gasteiger partial charge is 0.478 e. The number of aliphatic hydroxyl groups excluding tert-OH is 1. The highest BCUT2D eigenvalue weighted by Gasteiger charge is 2.28. The fourth-order valence-corrected chi connectivity index (χ4v) is 3.56. The number of carbonyl (C=O) groups is 2. The van der Waals surface area contributed by atoms with Gasteiger partial charge in [-0.1, -0.05) is 38.1 Å². The van der Waals surface area contributed by atoms with E-state index < -0.39 is 12.1 Å². The molecule has 1 amide bonds. The molecule has 30 heavy (non-hydrogen) atoms. The van der Waals surface area contributed by atoms with Gasteiger partial charge in [0.15, 0.2) is 0 Å². The maximum absolute atomic E-state index is 12.3. The number of amides is 1. The van der Waals surface area contributed by atoms with Gasteiger partial charge in [-0.3, -0.25) is 4.79 Å². The zero-order valence-electron chi connectivity index (χ0n) is 18.0. The molecule has 1 aliphatic heterocycles. The van der Waals surface area contributed by atoms with Crippen LogP contribution in [0.5, 0.6) is 0 Å². The van der Waals surface area contributed by atoms with E-state index in [2.05, 4.69) is 18.8 Å². The molecule has 1 aromatic rings. The second-order valence-corrected chi connectivity index (χ2v) is 7.96. The molecule has 0 saturated carbocycles. The maximum Gasteiger partial charge on any atom is 0.335 e. The van der Waals surface area contributed by atoms with Gasteiger partial charge in [-0.2, -0.15) is 0 Å². The number of hydrogen-bond acceptors (Lipinski definition) is 3. The average molecular weight is 412 g/mol. The summed E-state index contributed by atoms with van der Waals surface area (Å²) in [5, 5.41) is 19.5. The van der Waals surface area contributed by atoms with Crippen LogP contribution in [0, 0.1) is 17.8 Å². The minimum Gasteiger partial charge on any atom is -0.478 e. The molecular formula is C25H33NO4. The van der Waals surface area contributed by atoms with Crippen molar-refractivity contribution in [1.82, 2.24) is 4.90 Å². The molecule has 0 spiro atoms. The standard InChI is InChI=1S/C25H33NO4/c1-3-4-5-6-9-19(2)23(27)15-13-22-14-16-24(28)26(22)17-8-11-20-10-7-12-21(18-20)25(29)30/h7,10,12-13,15,18-19,22-23,27H,3-4,8-9,11,14,16-17H2,1-2H3,(H,29,30)/t19-,22-,23+/m0/s1. The van der Waals surface area contributed by atoms with Crippen LogP contribution in [0.15, 0.2) is 36.4 Å². The minimum absolute atomic E-state index is 0.0101. The van der Waals surface area contributed by atoms with E-state index in [4.69, 9.17) is 5.11 Å². The molecule has 2 rings (SSSR count).